The summed E-state index contributed by atoms with van der Waals surface area (Å²) in [5.74, 6) is -1.45. The molecular formula is C12H18O6. The molecule has 0 radical (unpaired) electrons. The lowest BCUT2D eigenvalue weighted by Gasteiger charge is -2.64. The molecule has 5 rings (SSSR count). The van der Waals surface area contributed by atoms with Gasteiger partial charge in [-0.25, -0.2) is 0 Å². The number of hydrogen-bond donors (Lipinski definition) is 6. The molecule has 0 spiro atoms. The topological polar surface area (TPSA) is 121 Å². The fraction of sp³-hybridized carbons (Fsp3) is 1.00. The minimum atomic E-state index is -1.95. The third-order valence-electron chi connectivity index (χ3n) is 6.53. The lowest BCUT2D eigenvalue weighted by molar-refractivity contribution is -0.361. The Labute approximate surface area is 103 Å². The molecule has 5 fully saturated rings. The van der Waals surface area contributed by atoms with Crippen molar-refractivity contribution < 1.29 is 30.6 Å². The van der Waals surface area contributed by atoms with E-state index in [1.54, 1.807) is 0 Å². The standard InChI is InChI=1S/C12H18O6/c1-9(15)6(13)2-4-8-5-3-7(14)10(4,16)11(5,17)12(8,9)18/h4-8,13-18H,2-3H2,1H3. The lowest BCUT2D eigenvalue weighted by atomic mass is 9.47. The van der Waals surface area contributed by atoms with Gasteiger partial charge in [0.1, 0.15) is 22.4 Å². The Bertz CT molecular complexity index is 450. The average molecular weight is 258 g/mol. The number of aliphatic hydroxyl groups is 6. The molecule has 0 amide bonds. The van der Waals surface area contributed by atoms with Gasteiger partial charge in [0.25, 0.3) is 0 Å². The first kappa shape index (κ1) is 11.6. The van der Waals surface area contributed by atoms with Gasteiger partial charge in [0.15, 0.2) is 0 Å². The van der Waals surface area contributed by atoms with Crippen molar-refractivity contribution in [1.29, 1.82) is 0 Å². The van der Waals surface area contributed by atoms with Crippen molar-refractivity contribution in [2.24, 2.45) is 17.8 Å². The Balaban J connectivity index is 1.97. The maximum absolute atomic E-state index is 10.7. The second kappa shape index (κ2) is 2.51. The highest BCUT2D eigenvalue weighted by Crippen LogP contribution is 2.81. The van der Waals surface area contributed by atoms with Crippen LogP contribution in [0.5, 0.6) is 0 Å². The molecule has 0 heterocycles. The summed E-state index contributed by atoms with van der Waals surface area (Å²) in [6, 6.07) is 0. The first-order valence-electron chi connectivity index (χ1n) is 6.40. The van der Waals surface area contributed by atoms with E-state index < -0.39 is 52.4 Å². The largest absolute Gasteiger partial charge is 0.390 e. The zero-order chi connectivity index (χ0) is 13.3. The highest BCUT2D eigenvalue weighted by Gasteiger charge is 2.98. The van der Waals surface area contributed by atoms with Crippen molar-refractivity contribution in [3.05, 3.63) is 0 Å². The van der Waals surface area contributed by atoms with Crippen LogP contribution in [0.2, 0.25) is 0 Å². The number of hydrogen-bond acceptors (Lipinski definition) is 6. The Morgan fingerprint density at radius 1 is 0.833 bits per heavy atom. The third-order valence-corrected chi connectivity index (χ3v) is 6.53. The lowest BCUT2D eigenvalue weighted by Crippen LogP contribution is -2.83. The molecule has 9 atom stereocenters. The Morgan fingerprint density at radius 3 is 2.00 bits per heavy atom. The monoisotopic (exact) mass is 258 g/mol. The summed E-state index contributed by atoms with van der Waals surface area (Å²) >= 11 is 0. The van der Waals surface area contributed by atoms with Gasteiger partial charge in [-0.2, -0.15) is 0 Å². The van der Waals surface area contributed by atoms with Crippen LogP contribution in [0.3, 0.4) is 0 Å². The molecule has 102 valence electrons. The van der Waals surface area contributed by atoms with E-state index in [0.717, 1.165) is 0 Å². The Hall–Kier alpha value is -0.240. The molecule has 6 heteroatoms. The molecule has 6 nitrogen and oxygen atoms in total. The maximum atomic E-state index is 10.7. The zero-order valence-corrected chi connectivity index (χ0v) is 9.98. The number of rotatable bonds is 0. The fourth-order valence-electron chi connectivity index (χ4n) is 5.73. The van der Waals surface area contributed by atoms with Gasteiger partial charge in [-0.1, -0.05) is 0 Å². The summed E-state index contributed by atoms with van der Waals surface area (Å²) in [7, 11) is 0. The van der Waals surface area contributed by atoms with Gasteiger partial charge in [-0.3, -0.25) is 0 Å². The molecule has 0 aromatic heterocycles. The van der Waals surface area contributed by atoms with Gasteiger partial charge in [0.2, 0.25) is 0 Å². The van der Waals surface area contributed by atoms with Crippen LogP contribution < -0.4 is 0 Å². The summed E-state index contributed by atoms with van der Waals surface area (Å²) in [5.41, 5.74) is -7.57. The van der Waals surface area contributed by atoms with Gasteiger partial charge in [0.05, 0.1) is 12.2 Å². The van der Waals surface area contributed by atoms with Gasteiger partial charge in [0, 0.05) is 17.8 Å². The SMILES string of the molecule is CC1(O)C(O)CC2C3C4CC(O)C2(O)C4(O)C31O. The van der Waals surface area contributed by atoms with Crippen molar-refractivity contribution in [3.63, 3.8) is 0 Å². The van der Waals surface area contributed by atoms with Crippen LogP contribution in [-0.2, 0) is 0 Å². The Kier molecular flexibility index (Phi) is 1.61. The van der Waals surface area contributed by atoms with Gasteiger partial charge >= 0.3 is 0 Å². The minimum absolute atomic E-state index is 0.0757. The van der Waals surface area contributed by atoms with E-state index in [1.807, 2.05) is 0 Å². The van der Waals surface area contributed by atoms with Crippen LogP contribution in [0.15, 0.2) is 0 Å². The minimum Gasteiger partial charge on any atom is -0.390 e. The molecule has 0 aromatic carbocycles. The molecule has 9 unspecified atom stereocenters. The van der Waals surface area contributed by atoms with Crippen molar-refractivity contribution in [1.82, 2.24) is 0 Å². The van der Waals surface area contributed by atoms with Gasteiger partial charge in [-0.05, 0) is 19.8 Å². The maximum Gasteiger partial charge on any atom is 0.131 e. The summed E-state index contributed by atoms with van der Waals surface area (Å²) in [6.45, 7) is 1.28. The van der Waals surface area contributed by atoms with E-state index in [-0.39, 0.29) is 12.8 Å². The highest BCUT2D eigenvalue weighted by molar-refractivity contribution is 5.47. The molecular weight excluding hydrogens is 240 g/mol. The quantitative estimate of drug-likeness (QED) is 0.282. The molecule has 6 N–H and O–H groups in total. The smallest absolute Gasteiger partial charge is 0.131 e. The van der Waals surface area contributed by atoms with Crippen LogP contribution in [0.25, 0.3) is 0 Å². The molecule has 0 aliphatic heterocycles. The van der Waals surface area contributed by atoms with Gasteiger partial charge in [-0.15, -0.1) is 0 Å². The predicted molar refractivity (Wildman–Crippen MR) is 57.2 cm³/mol. The summed E-state index contributed by atoms with van der Waals surface area (Å²) in [5, 5.41) is 62.4. The molecule has 0 aromatic rings. The molecule has 5 aliphatic rings. The summed E-state index contributed by atoms with van der Waals surface area (Å²) < 4.78 is 0. The van der Waals surface area contributed by atoms with Crippen molar-refractivity contribution >= 4 is 0 Å². The first-order chi connectivity index (χ1) is 8.15. The van der Waals surface area contributed by atoms with E-state index in [4.69, 9.17) is 0 Å². The van der Waals surface area contributed by atoms with E-state index in [0.29, 0.717) is 0 Å². The van der Waals surface area contributed by atoms with Crippen molar-refractivity contribution in [3.8, 4) is 0 Å². The van der Waals surface area contributed by atoms with Crippen molar-refractivity contribution in [2.45, 2.75) is 54.4 Å². The van der Waals surface area contributed by atoms with E-state index in [2.05, 4.69) is 0 Å². The molecule has 0 saturated heterocycles. The van der Waals surface area contributed by atoms with Crippen LogP contribution in [0.4, 0.5) is 0 Å². The first-order valence-corrected chi connectivity index (χ1v) is 6.40. The van der Waals surface area contributed by atoms with Gasteiger partial charge < -0.3 is 30.6 Å². The highest BCUT2D eigenvalue weighted by atomic mass is 16.4. The predicted octanol–water partition coefficient (Wildman–Crippen LogP) is -2.66. The normalized spacial score (nSPS) is 76.5. The van der Waals surface area contributed by atoms with E-state index in [9.17, 15) is 30.6 Å². The second-order valence-corrected chi connectivity index (χ2v) is 6.75. The molecule has 5 saturated carbocycles. The van der Waals surface area contributed by atoms with Crippen LogP contribution in [0.1, 0.15) is 19.8 Å². The Morgan fingerprint density at radius 2 is 1.39 bits per heavy atom. The summed E-state index contributed by atoms with van der Waals surface area (Å²) in [6.07, 6.45) is -2.05. The summed E-state index contributed by atoms with van der Waals surface area (Å²) in [4.78, 5) is 0. The van der Waals surface area contributed by atoms with Crippen LogP contribution in [-0.4, -0.2) is 65.3 Å². The second-order valence-electron chi connectivity index (χ2n) is 6.75. The zero-order valence-electron chi connectivity index (χ0n) is 9.98. The molecule has 18 heavy (non-hydrogen) atoms. The van der Waals surface area contributed by atoms with E-state index in [1.165, 1.54) is 6.92 Å². The molecule has 6 bridgehead atoms. The number of aliphatic hydroxyl groups excluding tert-OH is 2. The third kappa shape index (κ3) is 0.649. The molecule has 5 aliphatic carbocycles. The van der Waals surface area contributed by atoms with E-state index >= 15 is 0 Å². The van der Waals surface area contributed by atoms with Crippen molar-refractivity contribution in [2.75, 3.05) is 0 Å². The van der Waals surface area contributed by atoms with Crippen LogP contribution in [0, 0.1) is 17.8 Å². The fourth-order valence-corrected chi connectivity index (χ4v) is 5.73. The van der Waals surface area contributed by atoms with Crippen LogP contribution >= 0.6 is 0 Å². The average Bonchev–Trinajstić information content (AvgIpc) is 2.64.